The third kappa shape index (κ3) is 4.52. The van der Waals surface area contributed by atoms with Crippen molar-refractivity contribution < 1.29 is 4.79 Å². The highest BCUT2D eigenvalue weighted by molar-refractivity contribution is 7.13. The van der Waals surface area contributed by atoms with Crippen LogP contribution in [0.4, 0.5) is 21.3 Å². The van der Waals surface area contributed by atoms with Crippen molar-refractivity contribution in [1.29, 1.82) is 0 Å². The van der Waals surface area contributed by atoms with E-state index in [4.69, 9.17) is 0 Å². The first-order valence-electron chi connectivity index (χ1n) is 7.01. The summed E-state index contributed by atoms with van der Waals surface area (Å²) >= 11 is 1.37. The van der Waals surface area contributed by atoms with E-state index >= 15 is 0 Å². The maximum atomic E-state index is 11.8. The first-order chi connectivity index (χ1) is 11.3. The van der Waals surface area contributed by atoms with Gasteiger partial charge in [0, 0.05) is 29.1 Å². The lowest BCUT2D eigenvalue weighted by Gasteiger charge is -2.08. The molecule has 2 heterocycles. The summed E-state index contributed by atoms with van der Waals surface area (Å²) in [6, 6.07) is 13.0. The number of rotatable bonds is 5. The maximum absolute atomic E-state index is 11.8. The quantitative estimate of drug-likeness (QED) is 0.667. The number of nitrogens with zero attached hydrogens (tertiary/aromatic N) is 2. The molecule has 0 bridgehead atoms. The van der Waals surface area contributed by atoms with E-state index in [2.05, 4.69) is 25.9 Å². The summed E-state index contributed by atoms with van der Waals surface area (Å²) in [6.07, 6.45) is 3.41. The summed E-state index contributed by atoms with van der Waals surface area (Å²) in [5.74, 6) is 0. The Labute approximate surface area is 137 Å². The number of hydrogen-bond acceptors (Lipinski definition) is 5. The second-order valence-corrected chi connectivity index (χ2v) is 5.56. The monoisotopic (exact) mass is 325 g/mol. The van der Waals surface area contributed by atoms with Gasteiger partial charge in [-0.2, -0.15) is 0 Å². The molecule has 0 atom stereocenters. The number of pyridine rings is 1. The van der Waals surface area contributed by atoms with Crippen LogP contribution in [0.1, 0.15) is 5.69 Å². The van der Waals surface area contributed by atoms with Crippen LogP contribution in [0.25, 0.3) is 0 Å². The van der Waals surface area contributed by atoms with Crippen LogP contribution >= 0.6 is 11.3 Å². The summed E-state index contributed by atoms with van der Waals surface area (Å²) < 4.78 is 0. The predicted molar refractivity (Wildman–Crippen MR) is 92.8 cm³/mol. The van der Waals surface area contributed by atoms with E-state index in [1.807, 2.05) is 42.5 Å². The van der Waals surface area contributed by atoms with Crippen molar-refractivity contribution in [3.05, 3.63) is 65.9 Å². The molecule has 0 aliphatic carbocycles. The van der Waals surface area contributed by atoms with Gasteiger partial charge in [-0.15, -0.1) is 11.3 Å². The van der Waals surface area contributed by atoms with Gasteiger partial charge in [-0.3, -0.25) is 10.3 Å². The fourth-order valence-corrected chi connectivity index (χ4v) is 2.44. The van der Waals surface area contributed by atoms with Gasteiger partial charge in [-0.1, -0.05) is 6.07 Å². The molecule has 0 radical (unpaired) electrons. The van der Waals surface area contributed by atoms with Crippen LogP contribution in [0.3, 0.4) is 0 Å². The molecule has 0 saturated heterocycles. The van der Waals surface area contributed by atoms with Crippen molar-refractivity contribution in [2.45, 2.75) is 6.54 Å². The smallest absolute Gasteiger partial charge is 0.325 e. The van der Waals surface area contributed by atoms with E-state index in [1.54, 1.807) is 17.8 Å². The van der Waals surface area contributed by atoms with Crippen LogP contribution in [-0.4, -0.2) is 16.0 Å². The summed E-state index contributed by atoms with van der Waals surface area (Å²) in [5, 5.41) is 11.1. The highest BCUT2D eigenvalue weighted by Gasteiger charge is 2.04. The van der Waals surface area contributed by atoms with Gasteiger partial charge >= 0.3 is 6.03 Å². The molecule has 1 aromatic carbocycles. The van der Waals surface area contributed by atoms with Crippen molar-refractivity contribution in [2.24, 2.45) is 0 Å². The van der Waals surface area contributed by atoms with Gasteiger partial charge in [0.25, 0.3) is 0 Å². The second kappa shape index (κ2) is 7.37. The van der Waals surface area contributed by atoms with Crippen molar-refractivity contribution >= 4 is 33.9 Å². The second-order valence-electron chi connectivity index (χ2n) is 4.67. The molecule has 0 unspecified atom stereocenters. The van der Waals surface area contributed by atoms with Crippen LogP contribution in [0, 0.1) is 0 Å². The van der Waals surface area contributed by atoms with Gasteiger partial charge in [-0.05, 0) is 36.4 Å². The topological polar surface area (TPSA) is 78.9 Å². The minimum atomic E-state index is -0.311. The number of thiazole rings is 1. The molecule has 23 heavy (non-hydrogen) atoms. The number of nitrogens with one attached hydrogen (secondary N) is 3. The zero-order valence-corrected chi connectivity index (χ0v) is 13.0. The van der Waals surface area contributed by atoms with E-state index in [1.165, 1.54) is 11.3 Å². The Hall–Kier alpha value is -2.93. The molecular formula is C16H15N5OS. The Bertz CT molecular complexity index is 744. The molecule has 3 aromatic rings. The van der Waals surface area contributed by atoms with Crippen LogP contribution in [0.15, 0.2) is 60.2 Å². The molecule has 116 valence electrons. The lowest BCUT2D eigenvalue weighted by Crippen LogP contribution is -2.19. The molecule has 7 heteroatoms. The standard InChI is InChI=1S/C16H15N5OS/c22-15(21-16-18-9-10-23-16)20-13-6-4-12(5-7-13)19-11-14-3-1-2-8-17-14/h1-10,19H,11H2,(H2,18,20,21,22). The van der Waals surface area contributed by atoms with Gasteiger partial charge in [0.2, 0.25) is 0 Å². The highest BCUT2D eigenvalue weighted by Crippen LogP contribution is 2.15. The van der Waals surface area contributed by atoms with Crippen molar-refractivity contribution in [1.82, 2.24) is 9.97 Å². The Morgan fingerprint density at radius 3 is 2.48 bits per heavy atom. The molecule has 0 aliphatic heterocycles. The van der Waals surface area contributed by atoms with Gasteiger partial charge in [-0.25, -0.2) is 9.78 Å². The number of hydrogen-bond donors (Lipinski definition) is 3. The van der Waals surface area contributed by atoms with Gasteiger partial charge in [0.1, 0.15) is 0 Å². The largest absolute Gasteiger partial charge is 0.379 e. The normalized spacial score (nSPS) is 10.1. The zero-order valence-electron chi connectivity index (χ0n) is 12.2. The van der Waals surface area contributed by atoms with Crippen molar-refractivity contribution in [3.8, 4) is 0 Å². The Balaban J connectivity index is 1.51. The molecule has 3 N–H and O–H groups in total. The number of benzene rings is 1. The third-order valence-electron chi connectivity index (χ3n) is 3.00. The van der Waals surface area contributed by atoms with Crippen LogP contribution in [0.5, 0.6) is 0 Å². The summed E-state index contributed by atoms with van der Waals surface area (Å²) in [7, 11) is 0. The first kappa shape index (κ1) is 15.0. The van der Waals surface area contributed by atoms with E-state index in [0.29, 0.717) is 17.4 Å². The minimum absolute atomic E-state index is 0.311. The molecule has 2 amide bonds. The fourth-order valence-electron chi connectivity index (χ4n) is 1.91. The molecule has 3 rings (SSSR count). The van der Waals surface area contributed by atoms with Crippen molar-refractivity contribution in [2.75, 3.05) is 16.0 Å². The first-order valence-corrected chi connectivity index (χ1v) is 7.89. The molecule has 0 spiro atoms. The molecule has 0 fully saturated rings. The number of carbonyl (C=O) groups is 1. The van der Waals surface area contributed by atoms with Gasteiger partial charge in [0.15, 0.2) is 5.13 Å². The number of aromatic nitrogens is 2. The van der Waals surface area contributed by atoms with E-state index in [9.17, 15) is 4.79 Å². The Morgan fingerprint density at radius 2 is 1.78 bits per heavy atom. The van der Waals surface area contributed by atoms with E-state index in [0.717, 1.165) is 11.4 Å². The molecule has 6 nitrogen and oxygen atoms in total. The average molecular weight is 325 g/mol. The number of anilines is 3. The summed E-state index contributed by atoms with van der Waals surface area (Å²) in [6.45, 7) is 0.651. The fraction of sp³-hybridized carbons (Fsp3) is 0.0625. The molecule has 0 aliphatic rings. The Kier molecular flexibility index (Phi) is 4.80. The lowest BCUT2D eigenvalue weighted by atomic mass is 10.2. The predicted octanol–water partition coefficient (Wildman–Crippen LogP) is 3.79. The maximum Gasteiger partial charge on any atom is 0.325 e. The van der Waals surface area contributed by atoms with Crippen molar-refractivity contribution in [3.63, 3.8) is 0 Å². The van der Waals surface area contributed by atoms with Gasteiger partial charge in [0.05, 0.1) is 12.2 Å². The SMILES string of the molecule is O=C(Nc1ccc(NCc2ccccn2)cc1)Nc1nccs1. The van der Waals surface area contributed by atoms with E-state index < -0.39 is 0 Å². The average Bonchev–Trinajstić information content (AvgIpc) is 3.08. The van der Waals surface area contributed by atoms with Crippen LogP contribution in [0.2, 0.25) is 0 Å². The lowest BCUT2D eigenvalue weighted by molar-refractivity contribution is 0.262. The molecule has 2 aromatic heterocycles. The summed E-state index contributed by atoms with van der Waals surface area (Å²) in [5.41, 5.74) is 2.64. The summed E-state index contributed by atoms with van der Waals surface area (Å²) in [4.78, 5) is 20.0. The van der Waals surface area contributed by atoms with Crippen LogP contribution < -0.4 is 16.0 Å². The number of amides is 2. The highest BCUT2D eigenvalue weighted by atomic mass is 32.1. The van der Waals surface area contributed by atoms with E-state index in [-0.39, 0.29) is 6.03 Å². The number of urea groups is 1. The minimum Gasteiger partial charge on any atom is -0.379 e. The molecular weight excluding hydrogens is 310 g/mol. The molecule has 0 saturated carbocycles. The Morgan fingerprint density at radius 1 is 0.957 bits per heavy atom. The third-order valence-corrected chi connectivity index (χ3v) is 3.68. The van der Waals surface area contributed by atoms with Crippen LogP contribution in [-0.2, 0) is 6.54 Å². The zero-order chi connectivity index (χ0) is 15.9. The van der Waals surface area contributed by atoms with Gasteiger partial charge < -0.3 is 10.6 Å². The number of carbonyl (C=O) groups excluding carboxylic acids is 1.